The quantitative estimate of drug-likeness (QED) is 0.778. The minimum absolute atomic E-state index is 0.147. The van der Waals surface area contributed by atoms with Gasteiger partial charge < -0.3 is 4.90 Å². The predicted octanol–water partition coefficient (Wildman–Crippen LogP) is 1.23. The van der Waals surface area contributed by atoms with Crippen molar-refractivity contribution < 1.29 is 13.2 Å². The Hall–Kier alpha value is -1.18. The van der Waals surface area contributed by atoms with Crippen LogP contribution in [0.5, 0.6) is 0 Å². The summed E-state index contributed by atoms with van der Waals surface area (Å²) in [5.41, 5.74) is 0.462. The molecule has 1 saturated heterocycles. The van der Waals surface area contributed by atoms with Crippen molar-refractivity contribution in [1.29, 1.82) is 0 Å². The van der Waals surface area contributed by atoms with E-state index in [9.17, 15) is 13.2 Å². The summed E-state index contributed by atoms with van der Waals surface area (Å²) in [5.74, 6) is 0.00824. The van der Waals surface area contributed by atoms with Crippen LogP contribution in [0.3, 0.4) is 0 Å². The van der Waals surface area contributed by atoms with Crippen molar-refractivity contribution >= 4 is 27.5 Å². The Morgan fingerprint density at radius 3 is 2.48 bits per heavy atom. The van der Waals surface area contributed by atoms with E-state index in [2.05, 4.69) is 4.98 Å². The van der Waals surface area contributed by atoms with Gasteiger partial charge in [0.2, 0.25) is 10.0 Å². The molecule has 0 aromatic carbocycles. The van der Waals surface area contributed by atoms with E-state index < -0.39 is 10.0 Å². The summed E-state index contributed by atoms with van der Waals surface area (Å²) in [6.07, 6.45) is 2.03. The minimum Gasteiger partial charge on any atom is -0.336 e. The second-order valence-corrected chi connectivity index (χ2v) is 7.35. The highest BCUT2D eigenvalue weighted by Crippen LogP contribution is 2.13. The number of rotatable bonds is 4. The lowest BCUT2D eigenvalue weighted by Crippen LogP contribution is -2.51. The highest BCUT2D eigenvalue weighted by atomic mass is 35.5. The van der Waals surface area contributed by atoms with E-state index in [-0.39, 0.29) is 11.7 Å². The zero-order chi connectivity index (χ0) is 15.5. The fourth-order valence-electron chi connectivity index (χ4n) is 2.24. The van der Waals surface area contributed by atoms with Crippen molar-refractivity contribution in [3.63, 3.8) is 0 Å². The Morgan fingerprint density at radius 1 is 1.29 bits per heavy atom. The molecule has 2 heterocycles. The molecule has 0 bridgehead atoms. The third-order valence-electron chi connectivity index (χ3n) is 3.36. The number of hydrogen-bond donors (Lipinski definition) is 0. The Kier molecular flexibility index (Phi) is 5.18. The second-order valence-electron chi connectivity index (χ2n) is 4.88. The number of hydrogen-bond acceptors (Lipinski definition) is 4. The molecule has 0 radical (unpaired) electrons. The van der Waals surface area contributed by atoms with Gasteiger partial charge in [0.25, 0.3) is 5.91 Å². The Morgan fingerprint density at radius 2 is 1.95 bits per heavy atom. The maximum Gasteiger partial charge on any atom is 0.255 e. The van der Waals surface area contributed by atoms with E-state index in [1.165, 1.54) is 10.5 Å². The molecule has 0 atom stereocenters. The number of nitrogens with zero attached hydrogens (tertiary/aromatic N) is 3. The van der Waals surface area contributed by atoms with Crippen molar-refractivity contribution in [3.8, 4) is 0 Å². The zero-order valence-electron chi connectivity index (χ0n) is 11.8. The van der Waals surface area contributed by atoms with Gasteiger partial charge in [-0.25, -0.2) is 13.4 Å². The maximum absolute atomic E-state index is 12.3. The highest BCUT2D eigenvalue weighted by Gasteiger charge is 2.28. The molecule has 116 valence electrons. The smallest absolute Gasteiger partial charge is 0.255 e. The fourth-order valence-corrected chi connectivity index (χ4v) is 3.85. The number of aromatic nitrogens is 1. The van der Waals surface area contributed by atoms with Crippen LogP contribution in [0.25, 0.3) is 0 Å². The number of amides is 1. The molecule has 0 aliphatic carbocycles. The molecule has 2 rings (SSSR count). The van der Waals surface area contributed by atoms with E-state index in [1.54, 1.807) is 17.0 Å². The Bertz CT molecular complexity index is 596. The molecule has 1 fully saturated rings. The summed E-state index contributed by atoms with van der Waals surface area (Å²) < 4.78 is 25.4. The zero-order valence-corrected chi connectivity index (χ0v) is 13.4. The topological polar surface area (TPSA) is 70.6 Å². The molecule has 6 nitrogen and oxygen atoms in total. The summed E-state index contributed by atoms with van der Waals surface area (Å²) in [5, 5.41) is 0.335. The van der Waals surface area contributed by atoms with E-state index in [0.29, 0.717) is 43.3 Å². The van der Waals surface area contributed by atoms with Crippen LogP contribution in [0.15, 0.2) is 18.3 Å². The molecule has 1 aromatic rings. The standard InChI is InChI=1S/C13H18ClN3O3S/c1-2-9-21(19,20)17-7-5-16(6-8-17)13(18)11-3-4-12(14)15-10-11/h3-4,10H,2,5-9H2,1H3. The molecule has 0 N–H and O–H groups in total. The summed E-state index contributed by atoms with van der Waals surface area (Å²) in [7, 11) is -3.19. The maximum atomic E-state index is 12.3. The van der Waals surface area contributed by atoms with Gasteiger partial charge in [-0.1, -0.05) is 18.5 Å². The van der Waals surface area contributed by atoms with Crippen LogP contribution in [0.1, 0.15) is 23.7 Å². The molecule has 21 heavy (non-hydrogen) atoms. The number of halogens is 1. The molecule has 1 aromatic heterocycles. The molecule has 1 amide bonds. The lowest BCUT2D eigenvalue weighted by molar-refractivity contribution is 0.0697. The van der Waals surface area contributed by atoms with Crippen molar-refractivity contribution in [3.05, 3.63) is 29.0 Å². The number of carbonyl (C=O) groups is 1. The van der Waals surface area contributed by atoms with Crippen LogP contribution in [-0.2, 0) is 10.0 Å². The van der Waals surface area contributed by atoms with Crippen LogP contribution >= 0.6 is 11.6 Å². The third kappa shape index (κ3) is 3.93. The Balaban J connectivity index is 1.98. The molecular formula is C13H18ClN3O3S. The van der Waals surface area contributed by atoms with Gasteiger partial charge >= 0.3 is 0 Å². The summed E-state index contributed by atoms with van der Waals surface area (Å²) >= 11 is 5.69. The van der Waals surface area contributed by atoms with Gasteiger partial charge in [-0.2, -0.15) is 4.31 Å². The first-order valence-electron chi connectivity index (χ1n) is 6.82. The largest absolute Gasteiger partial charge is 0.336 e. The lowest BCUT2D eigenvalue weighted by atomic mass is 10.2. The molecule has 8 heteroatoms. The molecule has 1 aliphatic heterocycles. The summed E-state index contributed by atoms with van der Waals surface area (Å²) in [6.45, 7) is 3.31. The van der Waals surface area contributed by atoms with E-state index in [1.807, 2.05) is 6.92 Å². The third-order valence-corrected chi connectivity index (χ3v) is 5.66. The average molecular weight is 332 g/mol. The summed E-state index contributed by atoms with van der Waals surface area (Å²) in [4.78, 5) is 17.8. The van der Waals surface area contributed by atoms with Gasteiger partial charge in [0, 0.05) is 32.4 Å². The van der Waals surface area contributed by atoms with Gasteiger partial charge in [0.05, 0.1) is 11.3 Å². The first-order chi connectivity index (χ1) is 9.94. The van der Waals surface area contributed by atoms with Crippen molar-refractivity contribution in [2.75, 3.05) is 31.9 Å². The molecule has 0 spiro atoms. The van der Waals surface area contributed by atoms with Gasteiger partial charge in [-0.05, 0) is 18.6 Å². The van der Waals surface area contributed by atoms with E-state index in [0.717, 1.165) is 0 Å². The lowest BCUT2D eigenvalue weighted by Gasteiger charge is -2.34. The van der Waals surface area contributed by atoms with Crippen molar-refractivity contribution in [2.24, 2.45) is 0 Å². The highest BCUT2D eigenvalue weighted by molar-refractivity contribution is 7.89. The minimum atomic E-state index is -3.19. The van der Waals surface area contributed by atoms with Crippen LogP contribution in [0.2, 0.25) is 5.15 Å². The first-order valence-corrected chi connectivity index (χ1v) is 8.81. The van der Waals surface area contributed by atoms with Gasteiger partial charge in [-0.3, -0.25) is 4.79 Å². The summed E-state index contributed by atoms with van der Waals surface area (Å²) in [6, 6.07) is 3.19. The number of sulfonamides is 1. The van der Waals surface area contributed by atoms with Crippen LogP contribution < -0.4 is 0 Å². The normalized spacial score (nSPS) is 17.0. The van der Waals surface area contributed by atoms with Crippen LogP contribution in [0, 0.1) is 0 Å². The SMILES string of the molecule is CCCS(=O)(=O)N1CCN(C(=O)c2ccc(Cl)nc2)CC1. The average Bonchev–Trinajstić information content (AvgIpc) is 2.47. The molecular weight excluding hydrogens is 314 g/mol. The van der Waals surface area contributed by atoms with Gasteiger partial charge in [0.15, 0.2) is 0 Å². The molecule has 1 aliphatic rings. The second kappa shape index (κ2) is 6.72. The number of carbonyl (C=O) groups excluding carboxylic acids is 1. The van der Waals surface area contributed by atoms with Crippen molar-refractivity contribution in [1.82, 2.24) is 14.2 Å². The van der Waals surface area contributed by atoms with Crippen molar-refractivity contribution in [2.45, 2.75) is 13.3 Å². The van der Waals surface area contributed by atoms with Gasteiger partial charge in [0.1, 0.15) is 5.15 Å². The van der Waals surface area contributed by atoms with E-state index in [4.69, 9.17) is 11.6 Å². The molecule has 0 unspecified atom stereocenters. The molecule has 0 saturated carbocycles. The van der Waals surface area contributed by atoms with Gasteiger partial charge in [-0.15, -0.1) is 0 Å². The number of piperazine rings is 1. The predicted molar refractivity (Wildman–Crippen MR) is 80.8 cm³/mol. The monoisotopic (exact) mass is 331 g/mol. The fraction of sp³-hybridized carbons (Fsp3) is 0.538. The van der Waals surface area contributed by atoms with Crippen LogP contribution in [0.4, 0.5) is 0 Å². The first kappa shape index (κ1) is 16.2. The Labute approximate surface area is 129 Å². The van der Waals surface area contributed by atoms with Crippen LogP contribution in [-0.4, -0.2) is 60.4 Å². The van der Waals surface area contributed by atoms with E-state index >= 15 is 0 Å². The number of pyridine rings is 1.